The summed E-state index contributed by atoms with van der Waals surface area (Å²) >= 11 is 0. The molecule has 0 N–H and O–H groups in total. The molecule has 0 aromatic heterocycles. The van der Waals surface area contributed by atoms with Gasteiger partial charge in [-0.15, -0.1) is 0 Å². The first-order chi connectivity index (χ1) is 12.3. The van der Waals surface area contributed by atoms with Crippen molar-refractivity contribution in [1.82, 2.24) is 0 Å². The molecule has 0 aliphatic heterocycles. The van der Waals surface area contributed by atoms with E-state index >= 15 is 0 Å². The Hall–Kier alpha value is -1.18. The van der Waals surface area contributed by atoms with E-state index in [2.05, 4.69) is 39.8 Å². The van der Waals surface area contributed by atoms with Crippen LogP contribution in [0.1, 0.15) is 105 Å². The minimum atomic E-state index is 0.491. The van der Waals surface area contributed by atoms with Gasteiger partial charge in [0.25, 0.3) is 0 Å². The normalized spacial score (nSPS) is 24.6. The van der Waals surface area contributed by atoms with Crippen molar-refractivity contribution in [3.63, 3.8) is 0 Å². The number of unbranched alkanes of at least 4 members (excludes halogenated alkanes) is 2. The van der Waals surface area contributed by atoms with Crippen molar-refractivity contribution < 1.29 is 9.59 Å². The average molecular weight is 361 g/mol. The average Bonchev–Trinajstić information content (AvgIpc) is 2.54. The Kier molecular flexibility index (Phi) is 10.1. The largest absolute Gasteiger partial charge is 0.303 e. The van der Waals surface area contributed by atoms with Gasteiger partial charge in [0, 0.05) is 12.8 Å². The van der Waals surface area contributed by atoms with Gasteiger partial charge in [0.05, 0.1) is 0 Å². The highest BCUT2D eigenvalue weighted by atomic mass is 16.1. The van der Waals surface area contributed by atoms with Crippen molar-refractivity contribution in [2.45, 2.75) is 105 Å². The third-order valence-electron chi connectivity index (χ3n) is 5.55. The second-order valence-electron chi connectivity index (χ2n) is 9.60. The summed E-state index contributed by atoms with van der Waals surface area (Å²) in [4.78, 5) is 20.3. The molecule has 0 bridgehead atoms. The zero-order chi connectivity index (χ0) is 19.5. The van der Waals surface area contributed by atoms with Gasteiger partial charge in [0.1, 0.15) is 12.6 Å². The smallest absolute Gasteiger partial charge is 0.120 e. The highest BCUT2D eigenvalue weighted by Crippen LogP contribution is 2.39. The molecule has 2 aliphatic rings. The Morgan fingerprint density at radius 1 is 0.692 bits per heavy atom. The number of rotatable bonds is 6. The number of hydrogen-bond acceptors (Lipinski definition) is 2. The third kappa shape index (κ3) is 10.1. The SMILES string of the molecule is CC1(C)CCCC(=CCCC=O)C1.CC1(C)CCCC(=CCCC=O)C1. The molecule has 0 atom stereocenters. The van der Waals surface area contributed by atoms with E-state index < -0.39 is 0 Å². The van der Waals surface area contributed by atoms with Crippen LogP contribution in [0.2, 0.25) is 0 Å². The van der Waals surface area contributed by atoms with E-state index in [9.17, 15) is 9.59 Å². The highest BCUT2D eigenvalue weighted by molar-refractivity contribution is 5.49. The van der Waals surface area contributed by atoms with Crippen LogP contribution in [0.25, 0.3) is 0 Å². The summed E-state index contributed by atoms with van der Waals surface area (Å²) in [6, 6.07) is 0. The first kappa shape index (κ1) is 22.9. The lowest BCUT2D eigenvalue weighted by Crippen LogP contribution is -2.16. The summed E-state index contributed by atoms with van der Waals surface area (Å²) in [5.74, 6) is 0. The van der Waals surface area contributed by atoms with E-state index in [0.29, 0.717) is 23.7 Å². The van der Waals surface area contributed by atoms with Gasteiger partial charge in [0.15, 0.2) is 0 Å². The maximum atomic E-state index is 10.1. The molecule has 0 unspecified atom stereocenters. The summed E-state index contributed by atoms with van der Waals surface area (Å²) in [5, 5.41) is 0. The fourth-order valence-corrected chi connectivity index (χ4v) is 4.23. The van der Waals surface area contributed by atoms with Gasteiger partial charge in [0.2, 0.25) is 0 Å². The van der Waals surface area contributed by atoms with Gasteiger partial charge >= 0.3 is 0 Å². The maximum Gasteiger partial charge on any atom is 0.120 e. The van der Waals surface area contributed by atoms with Crippen molar-refractivity contribution >= 4 is 12.6 Å². The van der Waals surface area contributed by atoms with Crippen LogP contribution in [-0.4, -0.2) is 12.6 Å². The first-order valence-electron chi connectivity index (χ1n) is 10.5. The summed E-state index contributed by atoms with van der Waals surface area (Å²) in [7, 11) is 0. The Morgan fingerprint density at radius 2 is 1.08 bits per heavy atom. The zero-order valence-corrected chi connectivity index (χ0v) is 17.6. The molecule has 0 aromatic rings. The molecule has 0 radical (unpaired) electrons. The van der Waals surface area contributed by atoms with Gasteiger partial charge in [-0.05, 0) is 75.0 Å². The lowest BCUT2D eigenvalue weighted by atomic mass is 9.75. The van der Waals surface area contributed by atoms with Crippen molar-refractivity contribution in [3.8, 4) is 0 Å². The molecule has 2 saturated carbocycles. The van der Waals surface area contributed by atoms with Crippen LogP contribution < -0.4 is 0 Å². The van der Waals surface area contributed by atoms with Crippen LogP contribution in [0.4, 0.5) is 0 Å². The molecule has 0 aromatic carbocycles. The van der Waals surface area contributed by atoms with E-state index in [0.717, 1.165) is 25.4 Å². The van der Waals surface area contributed by atoms with Crippen LogP contribution in [0.15, 0.2) is 23.3 Å². The predicted molar refractivity (Wildman–Crippen MR) is 111 cm³/mol. The monoisotopic (exact) mass is 360 g/mol. The molecule has 0 saturated heterocycles. The topological polar surface area (TPSA) is 34.1 Å². The Labute approximate surface area is 161 Å². The van der Waals surface area contributed by atoms with Crippen molar-refractivity contribution in [1.29, 1.82) is 0 Å². The van der Waals surface area contributed by atoms with E-state index in [-0.39, 0.29) is 0 Å². The highest BCUT2D eigenvalue weighted by Gasteiger charge is 2.24. The molecular formula is C24H40O2. The molecule has 2 heteroatoms. The minimum Gasteiger partial charge on any atom is -0.303 e. The van der Waals surface area contributed by atoms with Crippen LogP contribution in [-0.2, 0) is 9.59 Å². The summed E-state index contributed by atoms with van der Waals surface area (Å²) in [5.41, 5.74) is 4.12. The van der Waals surface area contributed by atoms with Gasteiger partial charge in [-0.3, -0.25) is 0 Å². The molecule has 2 fully saturated rings. The number of allylic oxidation sites excluding steroid dienone is 4. The van der Waals surface area contributed by atoms with Crippen molar-refractivity contribution in [3.05, 3.63) is 23.3 Å². The lowest BCUT2D eigenvalue weighted by Gasteiger charge is -2.31. The fourth-order valence-electron chi connectivity index (χ4n) is 4.23. The van der Waals surface area contributed by atoms with Gasteiger partial charge in [-0.2, -0.15) is 0 Å². The molecular weight excluding hydrogens is 320 g/mol. The van der Waals surface area contributed by atoms with E-state index in [4.69, 9.17) is 0 Å². The quantitative estimate of drug-likeness (QED) is 0.291. The van der Waals surface area contributed by atoms with E-state index in [1.54, 1.807) is 11.1 Å². The molecule has 0 spiro atoms. The summed E-state index contributed by atoms with van der Waals surface area (Å²) in [6.45, 7) is 9.33. The fraction of sp³-hybridized carbons (Fsp3) is 0.750. The number of carbonyl (C=O) groups is 2. The minimum absolute atomic E-state index is 0.491. The first-order valence-corrected chi connectivity index (χ1v) is 10.5. The number of aldehydes is 2. The summed E-state index contributed by atoms with van der Waals surface area (Å²) in [6.07, 6.45) is 20.1. The molecule has 2 rings (SSSR count). The molecule has 2 aliphatic carbocycles. The predicted octanol–water partition coefficient (Wildman–Crippen LogP) is 6.98. The third-order valence-corrected chi connectivity index (χ3v) is 5.55. The summed E-state index contributed by atoms with van der Waals surface area (Å²) < 4.78 is 0. The van der Waals surface area contributed by atoms with Gasteiger partial charge < -0.3 is 9.59 Å². The Balaban J connectivity index is 0.000000260. The van der Waals surface area contributed by atoms with Crippen LogP contribution >= 0.6 is 0 Å². The second-order valence-corrected chi connectivity index (χ2v) is 9.60. The Morgan fingerprint density at radius 3 is 1.38 bits per heavy atom. The number of carbonyl (C=O) groups excluding carboxylic acids is 2. The molecule has 0 amide bonds. The number of hydrogen-bond donors (Lipinski definition) is 0. The zero-order valence-electron chi connectivity index (χ0n) is 17.6. The lowest BCUT2D eigenvalue weighted by molar-refractivity contribution is -0.108. The van der Waals surface area contributed by atoms with Crippen molar-refractivity contribution in [2.24, 2.45) is 10.8 Å². The van der Waals surface area contributed by atoms with Crippen LogP contribution in [0.5, 0.6) is 0 Å². The maximum absolute atomic E-state index is 10.1. The van der Waals surface area contributed by atoms with E-state index in [1.807, 2.05) is 0 Å². The molecule has 2 nitrogen and oxygen atoms in total. The molecule has 26 heavy (non-hydrogen) atoms. The van der Waals surface area contributed by atoms with Gasteiger partial charge in [-0.25, -0.2) is 0 Å². The van der Waals surface area contributed by atoms with Crippen LogP contribution in [0, 0.1) is 10.8 Å². The van der Waals surface area contributed by atoms with Crippen LogP contribution in [0.3, 0.4) is 0 Å². The Bertz CT molecular complexity index is 448. The van der Waals surface area contributed by atoms with E-state index in [1.165, 1.54) is 51.4 Å². The molecule has 148 valence electrons. The van der Waals surface area contributed by atoms with Gasteiger partial charge in [-0.1, -0.05) is 51.0 Å². The molecule has 0 heterocycles. The second kappa shape index (κ2) is 11.5. The standard InChI is InChI=1S/2C12H20O/c2*1-12(2)8-5-7-11(10-12)6-3-4-9-13/h2*6,9H,3-5,7-8,10H2,1-2H3. The van der Waals surface area contributed by atoms with Crippen molar-refractivity contribution in [2.75, 3.05) is 0 Å².